The number of benzene rings is 1. The molecule has 1 aromatic carbocycles. The van der Waals surface area contributed by atoms with Crippen molar-refractivity contribution < 1.29 is 14.4 Å². The van der Waals surface area contributed by atoms with Crippen LogP contribution in [0.2, 0.25) is 0 Å². The number of hydrogen-bond donors (Lipinski definition) is 2. The van der Waals surface area contributed by atoms with Crippen LogP contribution >= 0.6 is 11.8 Å². The van der Waals surface area contributed by atoms with Gasteiger partial charge >= 0.3 is 0 Å². The van der Waals surface area contributed by atoms with Gasteiger partial charge in [0.05, 0.1) is 6.20 Å². The second-order valence-electron chi connectivity index (χ2n) is 7.57. The lowest BCUT2D eigenvalue weighted by atomic mass is 10.2. The Labute approximate surface area is 184 Å². The molecule has 3 amide bonds. The molecule has 10 heteroatoms. The maximum Gasteiger partial charge on any atom is 0.262 e. The molecule has 0 bridgehead atoms. The molecule has 31 heavy (non-hydrogen) atoms. The Morgan fingerprint density at radius 1 is 1.19 bits per heavy atom. The number of carbonyl (C=O) groups is 3. The molecule has 0 saturated carbocycles. The Kier molecular flexibility index (Phi) is 6.36. The zero-order chi connectivity index (χ0) is 21.8. The molecule has 1 atom stereocenters. The Morgan fingerprint density at radius 3 is 2.61 bits per heavy atom. The summed E-state index contributed by atoms with van der Waals surface area (Å²) in [7, 11) is 1.82. The van der Waals surface area contributed by atoms with Crippen molar-refractivity contribution in [3.63, 3.8) is 0 Å². The molecule has 2 aliphatic rings. The van der Waals surface area contributed by atoms with Gasteiger partial charge in [-0.15, -0.1) is 0 Å². The standard InChI is InChI=1S/C21H24N6O3S/c1-26-13-14(12-23-26)11-22-19(29)15-4-6-16(7-5-15)24-18(28)10-17-20(30)25-21(31-17)27-8-2-3-9-27/h4-7,12-13,17H,2-3,8-11H2,1H3,(H,22,29)(H,24,28). The summed E-state index contributed by atoms with van der Waals surface area (Å²) in [6, 6.07) is 6.65. The van der Waals surface area contributed by atoms with Gasteiger partial charge in [0, 0.05) is 56.1 Å². The lowest BCUT2D eigenvalue weighted by Gasteiger charge is -2.16. The molecule has 1 unspecified atom stereocenters. The molecule has 4 rings (SSSR count). The van der Waals surface area contributed by atoms with Gasteiger partial charge in [0.1, 0.15) is 5.25 Å². The van der Waals surface area contributed by atoms with E-state index in [4.69, 9.17) is 0 Å². The van der Waals surface area contributed by atoms with Gasteiger partial charge in [-0.2, -0.15) is 10.1 Å². The maximum absolute atomic E-state index is 12.4. The molecule has 0 aliphatic carbocycles. The van der Waals surface area contributed by atoms with Crippen molar-refractivity contribution in [2.45, 2.75) is 31.1 Å². The molecule has 3 heterocycles. The first-order valence-electron chi connectivity index (χ1n) is 10.2. The summed E-state index contributed by atoms with van der Waals surface area (Å²) in [5.41, 5.74) is 1.98. The summed E-state index contributed by atoms with van der Waals surface area (Å²) in [4.78, 5) is 43.1. The molecule has 0 radical (unpaired) electrons. The van der Waals surface area contributed by atoms with Crippen molar-refractivity contribution in [1.82, 2.24) is 20.0 Å². The summed E-state index contributed by atoms with van der Waals surface area (Å²) >= 11 is 1.37. The van der Waals surface area contributed by atoms with E-state index >= 15 is 0 Å². The van der Waals surface area contributed by atoms with E-state index in [1.807, 2.05) is 13.2 Å². The summed E-state index contributed by atoms with van der Waals surface area (Å²) in [5, 5.41) is 9.95. The molecule has 2 aromatic rings. The molecule has 1 saturated heterocycles. The summed E-state index contributed by atoms with van der Waals surface area (Å²) < 4.78 is 1.68. The first-order valence-corrected chi connectivity index (χ1v) is 11.1. The maximum atomic E-state index is 12.4. The lowest BCUT2D eigenvalue weighted by molar-refractivity contribution is -0.121. The van der Waals surface area contributed by atoms with Crippen LogP contribution in [0.4, 0.5) is 5.69 Å². The molecular weight excluding hydrogens is 416 g/mol. The van der Waals surface area contributed by atoms with Crippen LogP contribution in [-0.2, 0) is 23.2 Å². The number of amidine groups is 1. The molecule has 1 aromatic heterocycles. The number of carbonyl (C=O) groups excluding carboxylic acids is 3. The molecule has 2 N–H and O–H groups in total. The van der Waals surface area contributed by atoms with Gasteiger partial charge in [-0.25, -0.2) is 0 Å². The highest BCUT2D eigenvalue weighted by Crippen LogP contribution is 2.29. The SMILES string of the molecule is Cn1cc(CNC(=O)c2ccc(NC(=O)CC3SC(N4CCCC4)=NC3=O)cc2)cn1. The van der Waals surface area contributed by atoms with E-state index in [0.29, 0.717) is 17.8 Å². The van der Waals surface area contributed by atoms with E-state index in [2.05, 4.69) is 25.6 Å². The van der Waals surface area contributed by atoms with E-state index in [0.717, 1.165) is 36.7 Å². The first kappa shape index (κ1) is 21.1. The van der Waals surface area contributed by atoms with E-state index in [1.165, 1.54) is 11.8 Å². The van der Waals surface area contributed by atoms with Crippen molar-refractivity contribution in [1.29, 1.82) is 0 Å². The minimum atomic E-state index is -0.479. The average Bonchev–Trinajstić information content (AvgIpc) is 3.49. The average molecular weight is 441 g/mol. The van der Waals surface area contributed by atoms with Crippen molar-refractivity contribution in [3.8, 4) is 0 Å². The van der Waals surface area contributed by atoms with Crippen LogP contribution < -0.4 is 10.6 Å². The Morgan fingerprint density at radius 2 is 1.94 bits per heavy atom. The number of aryl methyl sites for hydroxylation is 1. The highest BCUT2D eigenvalue weighted by atomic mass is 32.2. The van der Waals surface area contributed by atoms with Gasteiger partial charge in [-0.05, 0) is 37.1 Å². The van der Waals surface area contributed by atoms with E-state index in [-0.39, 0.29) is 24.1 Å². The summed E-state index contributed by atoms with van der Waals surface area (Å²) in [6.45, 7) is 2.22. The number of nitrogens with one attached hydrogen (secondary N) is 2. The Balaban J connectivity index is 1.25. The van der Waals surface area contributed by atoms with Gasteiger partial charge in [0.2, 0.25) is 5.91 Å². The zero-order valence-electron chi connectivity index (χ0n) is 17.2. The van der Waals surface area contributed by atoms with Crippen LogP contribution in [-0.4, -0.2) is 55.9 Å². The largest absolute Gasteiger partial charge is 0.351 e. The predicted octanol–water partition coefficient (Wildman–Crippen LogP) is 1.77. The van der Waals surface area contributed by atoms with Crippen LogP contribution in [0, 0.1) is 0 Å². The molecule has 2 aliphatic heterocycles. The number of likely N-dealkylation sites (tertiary alicyclic amines) is 1. The molecule has 0 spiro atoms. The number of anilines is 1. The number of aromatic nitrogens is 2. The minimum absolute atomic E-state index is 0.0672. The summed E-state index contributed by atoms with van der Waals surface area (Å²) in [6.07, 6.45) is 5.82. The number of nitrogens with zero attached hydrogens (tertiary/aromatic N) is 4. The smallest absolute Gasteiger partial charge is 0.262 e. The highest BCUT2D eigenvalue weighted by Gasteiger charge is 2.33. The van der Waals surface area contributed by atoms with Crippen LogP contribution in [0.1, 0.15) is 35.2 Å². The molecule has 162 valence electrons. The fourth-order valence-corrected chi connectivity index (χ4v) is 4.60. The van der Waals surface area contributed by atoms with Crippen molar-refractivity contribution in [2.75, 3.05) is 18.4 Å². The topological polar surface area (TPSA) is 109 Å². The quantitative estimate of drug-likeness (QED) is 0.709. The Hall–Kier alpha value is -3.14. The van der Waals surface area contributed by atoms with E-state index in [1.54, 1.807) is 35.1 Å². The van der Waals surface area contributed by atoms with Crippen molar-refractivity contribution in [2.24, 2.45) is 12.0 Å². The second kappa shape index (κ2) is 9.34. The first-order chi connectivity index (χ1) is 15.0. The highest BCUT2D eigenvalue weighted by molar-refractivity contribution is 8.15. The van der Waals surface area contributed by atoms with Crippen LogP contribution in [0.25, 0.3) is 0 Å². The second-order valence-corrected chi connectivity index (χ2v) is 8.74. The van der Waals surface area contributed by atoms with Gasteiger partial charge in [-0.1, -0.05) is 11.8 Å². The fourth-order valence-electron chi connectivity index (χ4n) is 3.49. The molecular formula is C21H24N6O3S. The number of rotatable bonds is 6. The van der Waals surface area contributed by atoms with Crippen LogP contribution in [0.15, 0.2) is 41.7 Å². The molecule has 9 nitrogen and oxygen atoms in total. The third-order valence-corrected chi connectivity index (χ3v) is 6.33. The number of hydrogen-bond acceptors (Lipinski definition) is 6. The Bertz CT molecular complexity index is 1010. The van der Waals surface area contributed by atoms with Gasteiger partial charge in [-0.3, -0.25) is 19.1 Å². The van der Waals surface area contributed by atoms with E-state index in [9.17, 15) is 14.4 Å². The molecule has 1 fully saturated rings. The number of amides is 3. The fraction of sp³-hybridized carbons (Fsp3) is 0.381. The third-order valence-electron chi connectivity index (χ3n) is 5.12. The monoisotopic (exact) mass is 440 g/mol. The van der Waals surface area contributed by atoms with Crippen molar-refractivity contribution in [3.05, 3.63) is 47.8 Å². The number of aliphatic imine (C=N–C) groups is 1. The van der Waals surface area contributed by atoms with Gasteiger partial charge < -0.3 is 15.5 Å². The normalized spacial score (nSPS) is 18.2. The van der Waals surface area contributed by atoms with Gasteiger partial charge in [0.25, 0.3) is 11.8 Å². The minimum Gasteiger partial charge on any atom is -0.351 e. The zero-order valence-corrected chi connectivity index (χ0v) is 18.0. The van der Waals surface area contributed by atoms with Gasteiger partial charge in [0.15, 0.2) is 5.17 Å². The van der Waals surface area contributed by atoms with Crippen molar-refractivity contribution >= 4 is 40.3 Å². The van der Waals surface area contributed by atoms with Crippen LogP contribution in [0.3, 0.4) is 0 Å². The van der Waals surface area contributed by atoms with E-state index < -0.39 is 5.25 Å². The third kappa shape index (κ3) is 5.32. The lowest BCUT2D eigenvalue weighted by Crippen LogP contribution is -2.25. The predicted molar refractivity (Wildman–Crippen MR) is 119 cm³/mol. The number of thioether (sulfide) groups is 1. The summed E-state index contributed by atoms with van der Waals surface area (Å²) in [5.74, 6) is -0.707. The van der Waals surface area contributed by atoms with Crippen LogP contribution in [0.5, 0.6) is 0 Å².